The van der Waals surface area contributed by atoms with Gasteiger partial charge in [-0.15, -0.1) is 0 Å². The summed E-state index contributed by atoms with van der Waals surface area (Å²) in [6.45, 7) is 2.27. The Bertz CT molecular complexity index is 418. The summed E-state index contributed by atoms with van der Waals surface area (Å²) in [6.07, 6.45) is 8.03. The van der Waals surface area contributed by atoms with E-state index in [2.05, 4.69) is 67.6 Å². The molecule has 2 rings (SSSR count). The summed E-state index contributed by atoms with van der Waals surface area (Å²) >= 11 is 0. The van der Waals surface area contributed by atoms with Crippen molar-refractivity contribution in [3.8, 4) is 0 Å². The van der Waals surface area contributed by atoms with Crippen molar-refractivity contribution < 1.29 is 0 Å². The van der Waals surface area contributed by atoms with Gasteiger partial charge in [0.05, 0.1) is 0 Å². The Balaban J connectivity index is 2.02. The molecule has 0 spiro atoms. The quantitative estimate of drug-likeness (QED) is 0.500. The molecule has 0 atom stereocenters. The van der Waals surface area contributed by atoms with E-state index in [1.54, 1.807) is 0 Å². The molecule has 0 saturated heterocycles. The van der Waals surface area contributed by atoms with Crippen LogP contribution in [0.5, 0.6) is 0 Å². The van der Waals surface area contributed by atoms with Crippen LogP contribution < -0.4 is 0 Å². The van der Waals surface area contributed by atoms with E-state index in [9.17, 15) is 0 Å². The van der Waals surface area contributed by atoms with Crippen LogP contribution in [0.1, 0.15) is 62.5 Å². The number of rotatable bonds is 8. The van der Waals surface area contributed by atoms with Crippen LogP contribution >= 0.6 is 0 Å². The van der Waals surface area contributed by atoms with Crippen molar-refractivity contribution >= 4 is 0 Å². The normalized spacial score (nSPS) is 10.9. The van der Waals surface area contributed by atoms with Gasteiger partial charge < -0.3 is 0 Å². The van der Waals surface area contributed by atoms with Crippen molar-refractivity contribution in [1.29, 1.82) is 0 Å². The first-order valence-electron chi connectivity index (χ1n) is 8.01. The molecule has 0 saturated carbocycles. The average molecular weight is 266 g/mol. The zero-order valence-corrected chi connectivity index (χ0v) is 12.6. The largest absolute Gasteiger partial charge is 0.0654 e. The van der Waals surface area contributed by atoms with E-state index >= 15 is 0 Å². The van der Waals surface area contributed by atoms with Crippen molar-refractivity contribution in [3.63, 3.8) is 0 Å². The van der Waals surface area contributed by atoms with Crippen LogP contribution in [0.15, 0.2) is 60.7 Å². The fraction of sp³-hybridized carbons (Fsp3) is 0.400. The predicted molar refractivity (Wildman–Crippen MR) is 88.1 cm³/mol. The summed E-state index contributed by atoms with van der Waals surface area (Å²) in [4.78, 5) is 0. The topological polar surface area (TPSA) is 0 Å². The molecule has 0 fully saturated rings. The maximum atomic E-state index is 2.27. The van der Waals surface area contributed by atoms with Crippen molar-refractivity contribution in [2.45, 2.75) is 51.4 Å². The van der Waals surface area contributed by atoms with E-state index in [0.717, 1.165) is 0 Å². The number of unbranched alkanes of at least 4 members (excludes halogenated alkanes) is 4. The Morgan fingerprint density at radius 3 is 1.65 bits per heavy atom. The zero-order valence-electron chi connectivity index (χ0n) is 12.6. The third-order valence-corrected chi connectivity index (χ3v) is 4.00. The standard InChI is InChI=1S/C20H26/c1-2-3-4-5-12-17-20(18-13-8-6-9-14-18)19-15-10-7-11-16-19/h6-11,13-16,20H,2-5,12,17H2,1H3. The lowest BCUT2D eigenvalue weighted by Gasteiger charge is -2.18. The maximum Gasteiger partial charge on any atom is 0.00893 e. The van der Waals surface area contributed by atoms with Crippen LogP contribution in [0.25, 0.3) is 0 Å². The maximum absolute atomic E-state index is 2.27. The van der Waals surface area contributed by atoms with Gasteiger partial charge in [0.25, 0.3) is 0 Å². The van der Waals surface area contributed by atoms with E-state index in [-0.39, 0.29) is 0 Å². The predicted octanol–water partition coefficient (Wildman–Crippen LogP) is 6.18. The molecule has 2 aromatic carbocycles. The summed E-state index contributed by atoms with van der Waals surface area (Å²) in [5.41, 5.74) is 2.91. The lowest BCUT2D eigenvalue weighted by Crippen LogP contribution is -2.01. The fourth-order valence-electron chi connectivity index (χ4n) is 2.85. The molecular weight excluding hydrogens is 240 g/mol. The zero-order chi connectivity index (χ0) is 14.0. The van der Waals surface area contributed by atoms with Gasteiger partial charge in [0.2, 0.25) is 0 Å². The Labute approximate surface area is 123 Å². The number of hydrogen-bond donors (Lipinski definition) is 0. The van der Waals surface area contributed by atoms with Gasteiger partial charge >= 0.3 is 0 Å². The van der Waals surface area contributed by atoms with Crippen molar-refractivity contribution in [2.24, 2.45) is 0 Å². The molecule has 0 aliphatic heterocycles. The molecule has 0 unspecified atom stereocenters. The minimum absolute atomic E-state index is 0.555. The molecule has 0 bridgehead atoms. The molecule has 0 amide bonds. The van der Waals surface area contributed by atoms with E-state index in [1.165, 1.54) is 49.7 Å². The smallest absolute Gasteiger partial charge is 0.00893 e. The van der Waals surface area contributed by atoms with Crippen molar-refractivity contribution in [2.75, 3.05) is 0 Å². The van der Waals surface area contributed by atoms with Crippen LogP contribution in [0.3, 0.4) is 0 Å². The summed E-state index contributed by atoms with van der Waals surface area (Å²) in [5, 5.41) is 0. The molecule has 0 heterocycles. The van der Waals surface area contributed by atoms with Gasteiger partial charge in [-0.25, -0.2) is 0 Å². The lowest BCUT2D eigenvalue weighted by atomic mass is 9.87. The van der Waals surface area contributed by atoms with Gasteiger partial charge in [0, 0.05) is 5.92 Å². The lowest BCUT2D eigenvalue weighted by molar-refractivity contribution is 0.580. The third kappa shape index (κ3) is 4.52. The van der Waals surface area contributed by atoms with Crippen LogP contribution in [-0.2, 0) is 0 Å². The first-order valence-corrected chi connectivity index (χ1v) is 8.01. The Kier molecular flexibility index (Phi) is 6.37. The summed E-state index contributed by atoms with van der Waals surface area (Å²) in [7, 11) is 0. The highest BCUT2D eigenvalue weighted by atomic mass is 14.2. The molecular formula is C20H26. The van der Waals surface area contributed by atoms with Crippen LogP contribution in [-0.4, -0.2) is 0 Å². The number of benzene rings is 2. The Morgan fingerprint density at radius 2 is 1.15 bits per heavy atom. The molecule has 0 aliphatic carbocycles. The van der Waals surface area contributed by atoms with Crippen LogP contribution in [0.2, 0.25) is 0 Å². The second-order valence-electron chi connectivity index (χ2n) is 5.58. The second-order valence-corrected chi connectivity index (χ2v) is 5.58. The summed E-state index contributed by atoms with van der Waals surface area (Å²) < 4.78 is 0. The first kappa shape index (κ1) is 14.8. The van der Waals surface area contributed by atoms with Crippen LogP contribution in [0, 0.1) is 0 Å². The van der Waals surface area contributed by atoms with Crippen molar-refractivity contribution in [1.82, 2.24) is 0 Å². The number of hydrogen-bond acceptors (Lipinski definition) is 0. The molecule has 0 heteroatoms. The highest BCUT2D eigenvalue weighted by molar-refractivity contribution is 5.32. The van der Waals surface area contributed by atoms with Gasteiger partial charge in [0.1, 0.15) is 0 Å². The van der Waals surface area contributed by atoms with Crippen molar-refractivity contribution in [3.05, 3.63) is 71.8 Å². The molecule has 0 radical (unpaired) electrons. The molecule has 0 N–H and O–H groups in total. The van der Waals surface area contributed by atoms with Gasteiger partial charge in [-0.05, 0) is 17.5 Å². The summed E-state index contributed by atoms with van der Waals surface area (Å²) in [5.74, 6) is 0.555. The van der Waals surface area contributed by atoms with Crippen LogP contribution in [0.4, 0.5) is 0 Å². The Hall–Kier alpha value is -1.56. The molecule has 106 valence electrons. The highest BCUT2D eigenvalue weighted by Gasteiger charge is 2.12. The average Bonchev–Trinajstić information content (AvgIpc) is 2.53. The summed E-state index contributed by atoms with van der Waals surface area (Å²) in [6, 6.07) is 21.9. The van der Waals surface area contributed by atoms with E-state index < -0.39 is 0 Å². The molecule has 0 aliphatic rings. The van der Waals surface area contributed by atoms with E-state index in [1.807, 2.05) is 0 Å². The molecule has 0 aromatic heterocycles. The van der Waals surface area contributed by atoms with E-state index in [4.69, 9.17) is 0 Å². The first-order chi connectivity index (χ1) is 9.92. The van der Waals surface area contributed by atoms with Gasteiger partial charge in [0.15, 0.2) is 0 Å². The van der Waals surface area contributed by atoms with E-state index in [0.29, 0.717) is 5.92 Å². The molecule has 20 heavy (non-hydrogen) atoms. The van der Waals surface area contributed by atoms with Gasteiger partial charge in [-0.1, -0.05) is 99.7 Å². The Morgan fingerprint density at radius 1 is 0.650 bits per heavy atom. The minimum Gasteiger partial charge on any atom is -0.0654 e. The van der Waals surface area contributed by atoms with Gasteiger partial charge in [-0.3, -0.25) is 0 Å². The van der Waals surface area contributed by atoms with Gasteiger partial charge in [-0.2, -0.15) is 0 Å². The molecule has 0 nitrogen and oxygen atoms in total. The fourth-order valence-corrected chi connectivity index (χ4v) is 2.85. The minimum atomic E-state index is 0.555. The second kappa shape index (κ2) is 8.58. The monoisotopic (exact) mass is 266 g/mol. The SMILES string of the molecule is CCCCCCCC(c1ccccc1)c1ccccc1. The highest BCUT2D eigenvalue weighted by Crippen LogP contribution is 2.29. The third-order valence-electron chi connectivity index (χ3n) is 4.00. The molecule has 2 aromatic rings.